The van der Waals surface area contributed by atoms with E-state index in [2.05, 4.69) is 4.98 Å². The average Bonchev–Trinajstić information content (AvgIpc) is 3.22. The molecule has 0 spiro atoms. The number of benzene rings is 3. The Kier molecular flexibility index (Phi) is 4.40. The number of halogens is 1. The molecule has 6 rings (SSSR count). The van der Waals surface area contributed by atoms with Crippen LogP contribution >= 0.6 is 0 Å². The van der Waals surface area contributed by atoms with Crippen LogP contribution in [0.1, 0.15) is 33.4 Å². The van der Waals surface area contributed by atoms with E-state index in [1.807, 2.05) is 24.3 Å². The first-order valence-corrected chi connectivity index (χ1v) is 10.8. The Bertz CT molecular complexity index is 1600. The first kappa shape index (κ1) is 19.5. The molecule has 1 aliphatic rings. The van der Waals surface area contributed by atoms with Gasteiger partial charge in [0.15, 0.2) is 11.2 Å². The number of nitrogens with zero attached hydrogens (tertiary/aromatic N) is 1. The minimum atomic E-state index is -0.674. The third-order valence-corrected chi connectivity index (χ3v) is 6.34. The Morgan fingerprint density at radius 2 is 1.70 bits per heavy atom. The molecule has 1 unspecified atom stereocenters. The van der Waals surface area contributed by atoms with Crippen molar-refractivity contribution in [1.29, 1.82) is 0 Å². The van der Waals surface area contributed by atoms with Gasteiger partial charge < -0.3 is 14.3 Å². The monoisotopic (exact) mass is 438 g/mol. The first-order valence-electron chi connectivity index (χ1n) is 10.8. The van der Waals surface area contributed by atoms with Gasteiger partial charge in [0.25, 0.3) is 5.91 Å². The zero-order chi connectivity index (χ0) is 22.5. The van der Waals surface area contributed by atoms with Gasteiger partial charge in [0.05, 0.1) is 5.39 Å². The van der Waals surface area contributed by atoms with Crippen LogP contribution in [0.25, 0.3) is 21.9 Å². The number of aromatic amines is 1. The van der Waals surface area contributed by atoms with Gasteiger partial charge in [-0.2, -0.15) is 0 Å². The lowest BCUT2D eigenvalue weighted by Gasteiger charge is -2.36. The topological polar surface area (TPSA) is 66.3 Å². The molecule has 2 aromatic heterocycles. The number of carbonyl (C=O) groups is 1. The van der Waals surface area contributed by atoms with Gasteiger partial charge in [-0.15, -0.1) is 0 Å². The van der Waals surface area contributed by atoms with Gasteiger partial charge in [-0.05, 0) is 36.2 Å². The molecule has 0 fully saturated rings. The quantitative estimate of drug-likeness (QED) is 0.412. The summed E-state index contributed by atoms with van der Waals surface area (Å²) in [5, 5.41) is 1.48. The molecule has 0 saturated carbocycles. The Balaban J connectivity index is 1.53. The van der Waals surface area contributed by atoms with Crippen molar-refractivity contribution in [2.45, 2.75) is 12.5 Å². The molecule has 5 aromatic rings. The lowest BCUT2D eigenvalue weighted by atomic mass is 9.91. The van der Waals surface area contributed by atoms with E-state index >= 15 is 4.39 Å². The van der Waals surface area contributed by atoms with E-state index in [0.717, 1.165) is 22.2 Å². The number of H-pyrrole nitrogens is 1. The second-order valence-corrected chi connectivity index (χ2v) is 8.21. The number of fused-ring (bicyclic) bond motifs is 4. The third-order valence-electron chi connectivity index (χ3n) is 6.34. The van der Waals surface area contributed by atoms with Crippen molar-refractivity contribution >= 4 is 27.8 Å². The Morgan fingerprint density at radius 1 is 0.970 bits per heavy atom. The van der Waals surface area contributed by atoms with Crippen LogP contribution in [-0.4, -0.2) is 22.3 Å². The molecule has 1 aliphatic heterocycles. The minimum Gasteiger partial charge on any atom is -0.451 e. The number of hydrogen-bond donors (Lipinski definition) is 1. The van der Waals surface area contributed by atoms with E-state index in [9.17, 15) is 9.59 Å². The number of nitrogens with one attached hydrogen (secondary N) is 1. The number of rotatable bonds is 2. The van der Waals surface area contributed by atoms with E-state index in [1.165, 1.54) is 12.1 Å². The highest BCUT2D eigenvalue weighted by Crippen LogP contribution is 2.39. The fourth-order valence-corrected chi connectivity index (χ4v) is 4.83. The molecular weight excluding hydrogens is 419 g/mol. The molecule has 1 atom stereocenters. The molecule has 1 amide bonds. The van der Waals surface area contributed by atoms with Crippen LogP contribution in [-0.2, 0) is 6.42 Å². The molecule has 0 aliphatic carbocycles. The fraction of sp³-hybridized carbons (Fsp3) is 0.111. The number of amides is 1. The van der Waals surface area contributed by atoms with Crippen LogP contribution in [0.2, 0.25) is 0 Å². The van der Waals surface area contributed by atoms with Gasteiger partial charge in [-0.25, -0.2) is 4.39 Å². The first-order chi connectivity index (χ1) is 16.1. The lowest BCUT2D eigenvalue weighted by molar-refractivity contribution is 0.0657. The maximum Gasteiger partial charge on any atom is 0.290 e. The van der Waals surface area contributed by atoms with Crippen LogP contribution < -0.4 is 5.43 Å². The van der Waals surface area contributed by atoms with Crippen molar-refractivity contribution < 1.29 is 13.6 Å². The van der Waals surface area contributed by atoms with Gasteiger partial charge in [0.2, 0.25) is 0 Å². The zero-order valence-corrected chi connectivity index (χ0v) is 17.5. The smallest absolute Gasteiger partial charge is 0.290 e. The van der Waals surface area contributed by atoms with Crippen molar-refractivity contribution in [3.63, 3.8) is 0 Å². The molecule has 162 valence electrons. The van der Waals surface area contributed by atoms with Crippen LogP contribution in [0.15, 0.2) is 88.1 Å². The minimum absolute atomic E-state index is 0.0559. The molecular formula is C27H19FN2O3. The molecule has 0 radical (unpaired) electrons. The normalized spacial score (nSPS) is 15.7. The van der Waals surface area contributed by atoms with Gasteiger partial charge in [-0.3, -0.25) is 9.59 Å². The second-order valence-electron chi connectivity index (χ2n) is 8.21. The predicted molar refractivity (Wildman–Crippen MR) is 124 cm³/mol. The van der Waals surface area contributed by atoms with E-state index in [-0.39, 0.29) is 11.2 Å². The summed E-state index contributed by atoms with van der Waals surface area (Å²) in [7, 11) is 0. The number of hydrogen-bond acceptors (Lipinski definition) is 3. The van der Waals surface area contributed by atoms with Gasteiger partial charge in [0, 0.05) is 34.8 Å². The molecule has 3 aromatic carbocycles. The van der Waals surface area contributed by atoms with Crippen molar-refractivity contribution in [2.24, 2.45) is 0 Å². The highest BCUT2D eigenvalue weighted by Gasteiger charge is 2.37. The van der Waals surface area contributed by atoms with Gasteiger partial charge in [0.1, 0.15) is 17.4 Å². The van der Waals surface area contributed by atoms with Crippen molar-refractivity contribution in [2.75, 3.05) is 6.54 Å². The standard InChI is InChI=1S/C27H19FN2O3/c28-20-10-4-1-8-18(20)26-25-17(16-7-2-5-11-21(16)29-25)13-14-30(26)27(32)24-15-22(31)19-9-3-6-12-23(19)33-24/h1-12,15,26,29H,13-14H2. The van der Waals surface area contributed by atoms with E-state index in [0.29, 0.717) is 29.5 Å². The van der Waals surface area contributed by atoms with Crippen molar-refractivity contribution in [3.8, 4) is 0 Å². The Morgan fingerprint density at radius 3 is 2.55 bits per heavy atom. The van der Waals surface area contributed by atoms with Gasteiger partial charge >= 0.3 is 0 Å². The third kappa shape index (κ3) is 3.06. The van der Waals surface area contributed by atoms with Crippen LogP contribution in [0.4, 0.5) is 4.39 Å². The SMILES string of the molecule is O=C(c1cc(=O)c2ccccc2o1)N1CCc2c([nH]c3ccccc23)C1c1ccccc1F. The number of para-hydroxylation sites is 2. The summed E-state index contributed by atoms with van der Waals surface area (Å²) >= 11 is 0. The summed E-state index contributed by atoms with van der Waals surface area (Å²) in [6, 6.07) is 21.8. The summed E-state index contributed by atoms with van der Waals surface area (Å²) in [6.07, 6.45) is 0.605. The summed E-state index contributed by atoms with van der Waals surface area (Å²) in [5.41, 5.74) is 3.24. The molecule has 5 nitrogen and oxygen atoms in total. The maximum absolute atomic E-state index is 15.0. The highest BCUT2D eigenvalue weighted by atomic mass is 19.1. The van der Waals surface area contributed by atoms with E-state index in [1.54, 1.807) is 47.4 Å². The number of aromatic nitrogens is 1. The van der Waals surface area contributed by atoms with Crippen LogP contribution in [0.3, 0.4) is 0 Å². The summed E-state index contributed by atoms with van der Waals surface area (Å²) in [6.45, 7) is 0.364. The molecule has 1 N–H and O–H groups in total. The van der Waals surface area contributed by atoms with Gasteiger partial charge in [-0.1, -0.05) is 48.5 Å². The molecule has 3 heterocycles. The van der Waals surface area contributed by atoms with E-state index in [4.69, 9.17) is 4.42 Å². The maximum atomic E-state index is 15.0. The summed E-state index contributed by atoms with van der Waals surface area (Å²) in [4.78, 5) is 31.3. The van der Waals surface area contributed by atoms with Crippen molar-refractivity contribution in [1.82, 2.24) is 9.88 Å². The molecule has 0 bridgehead atoms. The largest absolute Gasteiger partial charge is 0.451 e. The van der Waals surface area contributed by atoms with Crippen LogP contribution in [0.5, 0.6) is 0 Å². The average molecular weight is 438 g/mol. The summed E-state index contributed by atoms with van der Waals surface area (Å²) in [5.74, 6) is -0.901. The lowest BCUT2D eigenvalue weighted by Crippen LogP contribution is -2.41. The fourth-order valence-electron chi connectivity index (χ4n) is 4.83. The Hall–Kier alpha value is -4.19. The Labute approximate surface area is 188 Å². The van der Waals surface area contributed by atoms with Crippen molar-refractivity contribution in [3.05, 3.63) is 117 Å². The molecule has 6 heteroatoms. The zero-order valence-electron chi connectivity index (χ0n) is 17.5. The second kappa shape index (κ2) is 7.45. The predicted octanol–water partition coefficient (Wildman–Crippen LogP) is 5.20. The van der Waals surface area contributed by atoms with E-state index < -0.39 is 17.8 Å². The molecule has 33 heavy (non-hydrogen) atoms. The molecule has 0 saturated heterocycles. The van der Waals surface area contributed by atoms with Crippen LogP contribution in [0, 0.1) is 5.82 Å². The number of carbonyl (C=O) groups excluding carboxylic acids is 1. The summed E-state index contributed by atoms with van der Waals surface area (Å²) < 4.78 is 20.8. The highest BCUT2D eigenvalue weighted by molar-refractivity contribution is 5.94.